The second-order valence-corrected chi connectivity index (χ2v) is 5.08. The van der Waals surface area contributed by atoms with Crippen molar-refractivity contribution < 1.29 is 4.39 Å². The minimum absolute atomic E-state index is 0.176. The van der Waals surface area contributed by atoms with Gasteiger partial charge in [-0.3, -0.25) is 0 Å². The summed E-state index contributed by atoms with van der Waals surface area (Å²) in [5.41, 5.74) is 4.64. The molecule has 2 heteroatoms. The van der Waals surface area contributed by atoms with Gasteiger partial charge < -0.3 is 5.32 Å². The van der Waals surface area contributed by atoms with E-state index < -0.39 is 0 Å². The standard InChI is InChI=1S/C17H20FN/c1-12-4-7-15(8-5-12)14(3)19-11-16-10-17(18)9-6-13(16)2/h4-10,14,19H,11H2,1-3H3. The highest BCUT2D eigenvalue weighted by Gasteiger charge is 2.06. The quantitative estimate of drug-likeness (QED) is 0.861. The zero-order chi connectivity index (χ0) is 13.8. The summed E-state index contributed by atoms with van der Waals surface area (Å²) in [6, 6.07) is 13.7. The smallest absolute Gasteiger partial charge is 0.123 e. The Hall–Kier alpha value is -1.67. The molecule has 2 rings (SSSR count). The van der Waals surface area contributed by atoms with Gasteiger partial charge in [0, 0.05) is 12.6 Å². The molecule has 100 valence electrons. The van der Waals surface area contributed by atoms with Gasteiger partial charge in [0.1, 0.15) is 5.82 Å². The highest BCUT2D eigenvalue weighted by Crippen LogP contribution is 2.15. The maximum atomic E-state index is 13.2. The second kappa shape index (κ2) is 5.98. The lowest BCUT2D eigenvalue weighted by molar-refractivity contribution is 0.567. The van der Waals surface area contributed by atoms with E-state index in [-0.39, 0.29) is 11.9 Å². The first-order valence-electron chi connectivity index (χ1n) is 6.61. The molecule has 0 fully saturated rings. The number of benzene rings is 2. The largest absolute Gasteiger partial charge is 0.306 e. The molecule has 2 aromatic rings. The summed E-state index contributed by atoms with van der Waals surface area (Å²) in [6.07, 6.45) is 0. The van der Waals surface area contributed by atoms with E-state index in [1.54, 1.807) is 6.07 Å². The summed E-state index contributed by atoms with van der Waals surface area (Å²) in [7, 11) is 0. The first kappa shape index (κ1) is 13.8. The molecule has 0 aromatic heterocycles. The number of hydrogen-bond acceptors (Lipinski definition) is 1. The molecule has 0 saturated carbocycles. The Morgan fingerprint density at radius 2 is 1.74 bits per heavy atom. The van der Waals surface area contributed by atoms with Crippen molar-refractivity contribution in [1.29, 1.82) is 0 Å². The molecule has 2 aromatic carbocycles. The molecular weight excluding hydrogens is 237 g/mol. The van der Waals surface area contributed by atoms with Crippen LogP contribution in [0.2, 0.25) is 0 Å². The average Bonchev–Trinajstić information content (AvgIpc) is 2.40. The zero-order valence-electron chi connectivity index (χ0n) is 11.7. The van der Waals surface area contributed by atoms with Crippen LogP contribution in [-0.4, -0.2) is 0 Å². The Balaban J connectivity index is 2.02. The van der Waals surface area contributed by atoms with Gasteiger partial charge >= 0.3 is 0 Å². The number of hydrogen-bond donors (Lipinski definition) is 1. The zero-order valence-corrected chi connectivity index (χ0v) is 11.7. The van der Waals surface area contributed by atoms with Crippen LogP contribution in [0.3, 0.4) is 0 Å². The molecule has 0 saturated heterocycles. The number of aryl methyl sites for hydroxylation is 2. The van der Waals surface area contributed by atoms with Gasteiger partial charge in [-0.05, 0) is 49.6 Å². The van der Waals surface area contributed by atoms with E-state index in [1.807, 2.05) is 13.0 Å². The Kier molecular flexibility index (Phi) is 4.33. The maximum Gasteiger partial charge on any atom is 0.123 e. The molecule has 0 spiro atoms. The summed E-state index contributed by atoms with van der Waals surface area (Å²) in [5, 5.41) is 3.44. The first-order chi connectivity index (χ1) is 9.06. The Morgan fingerprint density at radius 1 is 1.05 bits per heavy atom. The molecule has 19 heavy (non-hydrogen) atoms. The molecule has 1 unspecified atom stereocenters. The lowest BCUT2D eigenvalue weighted by atomic mass is 10.0. The molecule has 0 radical (unpaired) electrons. The molecule has 0 amide bonds. The summed E-state index contributed by atoms with van der Waals surface area (Å²) < 4.78 is 13.2. The van der Waals surface area contributed by atoms with E-state index >= 15 is 0 Å². The SMILES string of the molecule is Cc1ccc(C(C)NCc2cc(F)ccc2C)cc1. The molecule has 0 aliphatic rings. The van der Waals surface area contributed by atoms with Crippen LogP contribution in [-0.2, 0) is 6.54 Å². The van der Waals surface area contributed by atoms with Crippen molar-refractivity contribution in [1.82, 2.24) is 5.32 Å². The lowest BCUT2D eigenvalue weighted by Crippen LogP contribution is -2.18. The van der Waals surface area contributed by atoms with Crippen molar-refractivity contribution in [2.24, 2.45) is 0 Å². The molecule has 0 bridgehead atoms. The predicted molar refractivity (Wildman–Crippen MR) is 77.6 cm³/mol. The van der Waals surface area contributed by atoms with Crippen LogP contribution in [0.25, 0.3) is 0 Å². The monoisotopic (exact) mass is 257 g/mol. The van der Waals surface area contributed by atoms with Crippen molar-refractivity contribution in [3.8, 4) is 0 Å². The molecule has 0 aliphatic carbocycles. The highest BCUT2D eigenvalue weighted by atomic mass is 19.1. The van der Waals surface area contributed by atoms with Gasteiger partial charge in [0.15, 0.2) is 0 Å². The summed E-state index contributed by atoms with van der Waals surface area (Å²) >= 11 is 0. The van der Waals surface area contributed by atoms with Crippen molar-refractivity contribution >= 4 is 0 Å². The normalized spacial score (nSPS) is 12.4. The fourth-order valence-electron chi connectivity index (χ4n) is 2.07. The van der Waals surface area contributed by atoms with Crippen LogP contribution >= 0.6 is 0 Å². The highest BCUT2D eigenvalue weighted by molar-refractivity contribution is 5.27. The third kappa shape index (κ3) is 3.65. The second-order valence-electron chi connectivity index (χ2n) is 5.08. The topological polar surface area (TPSA) is 12.0 Å². The molecule has 1 nitrogen and oxygen atoms in total. The molecule has 1 atom stereocenters. The predicted octanol–water partition coefficient (Wildman–Crippen LogP) is 4.29. The molecular formula is C17H20FN. The van der Waals surface area contributed by atoms with Crippen LogP contribution in [0.15, 0.2) is 42.5 Å². The van der Waals surface area contributed by atoms with Gasteiger partial charge in [0.05, 0.1) is 0 Å². The van der Waals surface area contributed by atoms with Gasteiger partial charge in [-0.25, -0.2) is 4.39 Å². The van der Waals surface area contributed by atoms with E-state index in [0.29, 0.717) is 6.54 Å². The average molecular weight is 257 g/mol. The van der Waals surface area contributed by atoms with Crippen molar-refractivity contribution in [3.05, 3.63) is 70.5 Å². The lowest BCUT2D eigenvalue weighted by Gasteiger charge is -2.15. The minimum Gasteiger partial charge on any atom is -0.306 e. The fraction of sp³-hybridized carbons (Fsp3) is 0.294. The van der Waals surface area contributed by atoms with Crippen molar-refractivity contribution in [3.63, 3.8) is 0 Å². The van der Waals surface area contributed by atoms with E-state index in [4.69, 9.17) is 0 Å². The van der Waals surface area contributed by atoms with Crippen LogP contribution in [0.4, 0.5) is 4.39 Å². The van der Waals surface area contributed by atoms with Gasteiger partial charge in [0.2, 0.25) is 0 Å². The Labute approximate surface area is 114 Å². The number of halogens is 1. The number of rotatable bonds is 4. The third-order valence-electron chi connectivity index (χ3n) is 3.49. The van der Waals surface area contributed by atoms with Crippen molar-refractivity contribution in [2.75, 3.05) is 0 Å². The van der Waals surface area contributed by atoms with Gasteiger partial charge in [0.25, 0.3) is 0 Å². The Morgan fingerprint density at radius 3 is 2.42 bits per heavy atom. The maximum absolute atomic E-state index is 13.2. The Bertz CT molecular complexity index is 546. The summed E-state index contributed by atoms with van der Waals surface area (Å²) in [5.74, 6) is -0.176. The number of nitrogens with one attached hydrogen (secondary N) is 1. The molecule has 0 heterocycles. The first-order valence-corrected chi connectivity index (χ1v) is 6.61. The van der Waals surface area contributed by atoms with E-state index in [2.05, 4.69) is 43.4 Å². The van der Waals surface area contributed by atoms with Crippen LogP contribution in [0, 0.1) is 19.7 Å². The third-order valence-corrected chi connectivity index (χ3v) is 3.49. The van der Waals surface area contributed by atoms with Crippen LogP contribution in [0.1, 0.15) is 35.2 Å². The fourth-order valence-corrected chi connectivity index (χ4v) is 2.07. The molecule has 1 N–H and O–H groups in total. The van der Waals surface area contributed by atoms with Crippen molar-refractivity contribution in [2.45, 2.75) is 33.4 Å². The van der Waals surface area contributed by atoms with Crippen LogP contribution < -0.4 is 5.32 Å². The van der Waals surface area contributed by atoms with Gasteiger partial charge in [-0.1, -0.05) is 35.9 Å². The van der Waals surface area contributed by atoms with Gasteiger partial charge in [-0.15, -0.1) is 0 Å². The summed E-state index contributed by atoms with van der Waals surface area (Å²) in [4.78, 5) is 0. The van der Waals surface area contributed by atoms with Gasteiger partial charge in [-0.2, -0.15) is 0 Å². The minimum atomic E-state index is -0.176. The van der Waals surface area contributed by atoms with E-state index in [0.717, 1.165) is 11.1 Å². The molecule has 0 aliphatic heterocycles. The van der Waals surface area contributed by atoms with E-state index in [1.165, 1.54) is 17.2 Å². The van der Waals surface area contributed by atoms with Crippen LogP contribution in [0.5, 0.6) is 0 Å². The summed E-state index contributed by atoms with van der Waals surface area (Å²) in [6.45, 7) is 6.89. The van der Waals surface area contributed by atoms with E-state index in [9.17, 15) is 4.39 Å².